The van der Waals surface area contributed by atoms with Crippen molar-refractivity contribution < 1.29 is 14.3 Å². The number of ether oxygens (including phenoxy) is 1. The lowest BCUT2D eigenvalue weighted by atomic mass is 9.54. The molecule has 7 heteroatoms. The summed E-state index contributed by atoms with van der Waals surface area (Å²) in [6.07, 6.45) is 2.34. The van der Waals surface area contributed by atoms with Gasteiger partial charge in [0.15, 0.2) is 0 Å². The molecule has 2 atom stereocenters. The quantitative estimate of drug-likeness (QED) is 0.629. The van der Waals surface area contributed by atoms with Gasteiger partial charge in [-0.25, -0.2) is 0 Å². The van der Waals surface area contributed by atoms with Gasteiger partial charge in [-0.15, -0.1) is 12.4 Å². The van der Waals surface area contributed by atoms with Gasteiger partial charge in [-0.3, -0.25) is 9.59 Å². The summed E-state index contributed by atoms with van der Waals surface area (Å²) in [7, 11) is 0. The van der Waals surface area contributed by atoms with Gasteiger partial charge in [-0.1, -0.05) is 27.7 Å². The Balaban J connectivity index is 0.00000420. The fourth-order valence-electron chi connectivity index (χ4n) is 3.80. The number of nitrogens with two attached hydrogens (primary N) is 1. The number of carbonyl (C=O) groups excluding carboxylic acids is 2. The zero-order valence-electron chi connectivity index (χ0n) is 18.3. The highest BCUT2D eigenvalue weighted by Gasteiger charge is 2.62. The van der Waals surface area contributed by atoms with Gasteiger partial charge >= 0.3 is 0 Å². The van der Waals surface area contributed by atoms with Crippen LogP contribution in [-0.2, 0) is 9.53 Å². The number of anilines is 1. The Bertz CT molecular complexity index is 687. The fraction of sp³-hybridized carbons (Fsp3) is 0.636. The second kappa shape index (κ2) is 10.4. The SMILES string of the molecule is CCCN(CCC)C(=O)c1ccc(NC(=O)C2(N)CC(OCC)C2(C)C)cc1.Cl. The van der Waals surface area contributed by atoms with Crippen LogP contribution < -0.4 is 11.1 Å². The van der Waals surface area contributed by atoms with E-state index in [0.29, 0.717) is 24.3 Å². The normalized spacial score (nSPS) is 22.2. The molecule has 2 rings (SSSR count). The number of nitrogens with one attached hydrogen (secondary N) is 1. The molecule has 0 radical (unpaired) electrons. The lowest BCUT2D eigenvalue weighted by molar-refractivity contribution is -0.166. The van der Waals surface area contributed by atoms with Crippen molar-refractivity contribution in [3.8, 4) is 0 Å². The van der Waals surface area contributed by atoms with Crippen LogP contribution in [0.1, 0.15) is 64.2 Å². The lowest BCUT2D eigenvalue weighted by Crippen LogP contribution is -2.74. The molecular weight excluding hydrogens is 390 g/mol. The maximum atomic E-state index is 12.8. The number of hydrogen-bond donors (Lipinski definition) is 2. The van der Waals surface area contributed by atoms with Gasteiger partial charge in [0.2, 0.25) is 5.91 Å². The molecule has 1 aliphatic rings. The summed E-state index contributed by atoms with van der Waals surface area (Å²) in [6, 6.07) is 7.04. The third-order valence-electron chi connectivity index (χ3n) is 5.90. The number of amides is 2. The Morgan fingerprint density at radius 1 is 1.14 bits per heavy atom. The summed E-state index contributed by atoms with van der Waals surface area (Å²) in [5.41, 5.74) is 6.28. The monoisotopic (exact) mass is 425 g/mol. The van der Waals surface area contributed by atoms with Gasteiger partial charge in [-0.05, 0) is 44.0 Å². The maximum Gasteiger partial charge on any atom is 0.253 e. The molecule has 1 saturated carbocycles. The summed E-state index contributed by atoms with van der Waals surface area (Å²) in [5, 5.41) is 2.90. The van der Waals surface area contributed by atoms with Gasteiger partial charge < -0.3 is 20.7 Å². The van der Waals surface area contributed by atoms with Crippen LogP contribution in [0.4, 0.5) is 5.69 Å². The Hall–Kier alpha value is -1.63. The zero-order valence-corrected chi connectivity index (χ0v) is 19.1. The van der Waals surface area contributed by atoms with Crippen molar-refractivity contribution in [3.05, 3.63) is 29.8 Å². The summed E-state index contributed by atoms with van der Waals surface area (Å²) >= 11 is 0. The predicted octanol–water partition coefficient (Wildman–Crippen LogP) is 3.84. The summed E-state index contributed by atoms with van der Waals surface area (Å²) in [4.78, 5) is 27.3. The van der Waals surface area contributed by atoms with Crippen LogP contribution in [0.3, 0.4) is 0 Å². The van der Waals surface area contributed by atoms with Crippen molar-refractivity contribution in [2.75, 3.05) is 25.0 Å². The first kappa shape index (κ1) is 25.4. The molecule has 1 aromatic rings. The minimum Gasteiger partial charge on any atom is -0.378 e. The number of rotatable bonds is 9. The van der Waals surface area contributed by atoms with Crippen LogP contribution in [0, 0.1) is 5.41 Å². The standard InChI is InChI=1S/C22H35N3O3.ClH/c1-6-13-25(14-7-2)19(26)16-9-11-17(12-10-16)24-20(27)22(23)15-18(28-8-3)21(22,4)5;/h9-12,18H,6-8,13-15,23H2,1-5H3,(H,24,27);1H. The van der Waals surface area contributed by atoms with E-state index in [2.05, 4.69) is 19.2 Å². The van der Waals surface area contributed by atoms with Crippen molar-refractivity contribution in [3.63, 3.8) is 0 Å². The number of halogens is 1. The molecule has 3 N–H and O–H groups in total. The van der Waals surface area contributed by atoms with Gasteiger partial charge in [0.05, 0.1) is 6.10 Å². The number of hydrogen-bond acceptors (Lipinski definition) is 4. The molecular formula is C22H36ClN3O3. The van der Waals surface area contributed by atoms with Crippen LogP contribution in [-0.4, -0.2) is 48.1 Å². The minimum atomic E-state index is -0.972. The molecule has 1 aliphatic carbocycles. The van der Waals surface area contributed by atoms with Crippen LogP contribution >= 0.6 is 12.4 Å². The van der Waals surface area contributed by atoms with E-state index in [0.717, 1.165) is 25.9 Å². The summed E-state index contributed by atoms with van der Waals surface area (Å²) < 4.78 is 5.69. The molecule has 0 saturated heterocycles. The molecule has 2 amide bonds. The predicted molar refractivity (Wildman–Crippen MR) is 120 cm³/mol. The van der Waals surface area contributed by atoms with Gasteiger partial charge in [0.1, 0.15) is 5.54 Å². The van der Waals surface area contributed by atoms with Crippen LogP contribution in [0.2, 0.25) is 0 Å². The minimum absolute atomic E-state index is 0. The topological polar surface area (TPSA) is 84.7 Å². The van der Waals surface area contributed by atoms with Gasteiger partial charge in [-0.2, -0.15) is 0 Å². The Labute approximate surface area is 181 Å². The van der Waals surface area contributed by atoms with E-state index in [-0.39, 0.29) is 30.3 Å². The molecule has 0 heterocycles. The molecule has 0 bridgehead atoms. The van der Waals surface area contributed by atoms with E-state index >= 15 is 0 Å². The third-order valence-corrected chi connectivity index (χ3v) is 5.90. The number of nitrogens with zero attached hydrogens (tertiary/aromatic N) is 1. The second-order valence-electron chi connectivity index (χ2n) is 8.16. The highest BCUT2D eigenvalue weighted by molar-refractivity contribution is 6.00. The Morgan fingerprint density at radius 3 is 2.14 bits per heavy atom. The average Bonchev–Trinajstić information content (AvgIpc) is 2.67. The van der Waals surface area contributed by atoms with Crippen LogP contribution in [0.15, 0.2) is 24.3 Å². The number of carbonyl (C=O) groups is 2. The molecule has 0 aliphatic heterocycles. The molecule has 6 nitrogen and oxygen atoms in total. The Morgan fingerprint density at radius 2 is 1.69 bits per heavy atom. The first-order valence-corrected chi connectivity index (χ1v) is 10.3. The largest absolute Gasteiger partial charge is 0.378 e. The van der Waals surface area contributed by atoms with Crippen LogP contribution in [0.25, 0.3) is 0 Å². The third kappa shape index (κ3) is 5.11. The first-order chi connectivity index (χ1) is 13.2. The average molecular weight is 426 g/mol. The number of benzene rings is 1. The van der Waals surface area contributed by atoms with Gasteiger partial charge in [0, 0.05) is 42.8 Å². The van der Waals surface area contributed by atoms with E-state index in [4.69, 9.17) is 10.5 Å². The second-order valence-corrected chi connectivity index (χ2v) is 8.16. The van der Waals surface area contributed by atoms with E-state index in [1.54, 1.807) is 24.3 Å². The Kier molecular flexibility index (Phi) is 9.12. The van der Waals surface area contributed by atoms with E-state index in [9.17, 15) is 9.59 Å². The smallest absolute Gasteiger partial charge is 0.253 e. The van der Waals surface area contributed by atoms with Crippen molar-refractivity contribution in [2.24, 2.45) is 11.1 Å². The van der Waals surface area contributed by atoms with Crippen molar-refractivity contribution in [1.29, 1.82) is 0 Å². The van der Waals surface area contributed by atoms with Crippen molar-refractivity contribution >= 4 is 29.9 Å². The highest BCUT2D eigenvalue weighted by Crippen LogP contribution is 2.50. The van der Waals surface area contributed by atoms with Crippen LogP contribution in [0.5, 0.6) is 0 Å². The molecule has 1 fully saturated rings. The molecule has 2 unspecified atom stereocenters. The summed E-state index contributed by atoms with van der Waals surface area (Å²) in [5.74, 6) is -0.192. The van der Waals surface area contributed by atoms with E-state index < -0.39 is 11.0 Å². The molecule has 164 valence electrons. The first-order valence-electron chi connectivity index (χ1n) is 10.3. The molecule has 0 spiro atoms. The molecule has 0 aromatic heterocycles. The molecule has 29 heavy (non-hydrogen) atoms. The molecule has 1 aromatic carbocycles. The lowest BCUT2D eigenvalue weighted by Gasteiger charge is -2.57. The van der Waals surface area contributed by atoms with Gasteiger partial charge in [0.25, 0.3) is 5.91 Å². The van der Waals surface area contributed by atoms with E-state index in [1.165, 1.54) is 0 Å². The van der Waals surface area contributed by atoms with Crippen molar-refractivity contribution in [1.82, 2.24) is 4.90 Å². The fourth-order valence-corrected chi connectivity index (χ4v) is 3.80. The van der Waals surface area contributed by atoms with E-state index in [1.807, 2.05) is 25.7 Å². The zero-order chi connectivity index (χ0) is 20.9. The summed E-state index contributed by atoms with van der Waals surface area (Å²) in [6.45, 7) is 12.1. The highest BCUT2D eigenvalue weighted by atomic mass is 35.5. The maximum absolute atomic E-state index is 12.8. The van der Waals surface area contributed by atoms with Crippen molar-refractivity contribution in [2.45, 2.75) is 65.5 Å².